The average molecular weight is 277 g/mol. The molecule has 5 nitrogen and oxygen atoms in total. The van der Waals surface area contributed by atoms with Crippen LogP contribution in [0, 0.1) is 6.92 Å². The zero-order valence-electron chi connectivity index (χ0n) is 10.8. The summed E-state index contributed by atoms with van der Waals surface area (Å²) in [6, 6.07) is 3.46. The third-order valence-corrected chi connectivity index (χ3v) is 3.30. The zero-order chi connectivity index (χ0) is 13.7. The normalized spacial score (nSPS) is 10.2. The predicted molar refractivity (Wildman–Crippen MR) is 74.4 cm³/mol. The Labute approximate surface area is 115 Å². The fraction of sp³-hybridized carbons (Fsp3) is 0.308. The lowest BCUT2D eigenvalue weighted by Crippen LogP contribution is -2.06. The highest BCUT2D eigenvalue weighted by atomic mass is 32.1. The van der Waals surface area contributed by atoms with Gasteiger partial charge in [0.1, 0.15) is 5.82 Å². The smallest absolute Gasteiger partial charge is 0.339 e. The highest BCUT2D eigenvalue weighted by molar-refractivity contribution is 7.11. The molecule has 6 heteroatoms. The molecule has 0 saturated carbocycles. The molecular weight excluding hydrogens is 262 g/mol. The summed E-state index contributed by atoms with van der Waals surface area (Å²) >= 11 is 1.65. The Hall–Kier alpha value is -1.95. The molecule has 0 aliphatic heterocycles. The van der Waals surface area contributed by atoms with E-state index in [4.69, 9.17) is 4.74 Å². The van der Waals surface area contributed by atoms with E-state index >= 15 is 0 Å². The number of hydrogen-bond acceptors (Lipinski definition) is 6. The molecule has 2 aromatic rings. The average Bonchev–Trinajstić information content (AvgIpc) is 2.83. The van der Waals surface area contributed by atoms with E-state index in [9.17, 15) is 4.79 Å². The van der Waals surface area contributed by atoms with Gasteiger partial charge in [-0.3, -0.25) is 0 Å². The van der Waals surface area contributed by atoms with E-state index in [1.54, 1.807) is 30.4 Å². The second kappa shape index (κ2) is 6.29. The van der Waals surface area contributed by atoms with Crippen molar-refractivity contribution in [3.8, 4) is 0 Å². The van der Waals surface area contributed by atoms with Gasteiger partial charge in [-0.15, -0.1) is 11.3 Å². The third-order valence-electron chi connectivity index (χ3n) is 2.39. The summed E-state index contributed by atoms with van der Waals surface area (Å²) in [7, 11) is 0. The summed E-state index contributed by atoms with van der Waals surface area (Å²) < 4.78 is 4.89. The van der Waals surface area contributed by atoms with E-state index in [1.165, 1.54) is 6.20 Å². The van der Waals surface area contributed by atoms with Gasteiger partial charge in [0.05, 0.1) is 23.7 Å². The Morgan fingerprint density at radius 2 is 2.21 bits per heavy atom. The monoisotopic (exact) mass is 277 g/mol. The number of aromatic nitrogens is 2. The molecule has 0 aromatic carbocycles. The number of nitrogens with one attached hydrogen (secondary N) is 1. The summed E-state index contributed by atoms with van der Waals surface area (Å²) in [4.78, 5) is 21.0. The minimum Gasteiger partial charge on any atom is -0.462 e. The van der Waals surface area contributed by atoms with Gasteiger partial charge < -0.3 is 10.1 Å². The first-order chi connectivity index (χ1) is 9.19. The molecule has 0 saturated heterocycles. The molecule has 100 valence electrons. The van der Waals surface area contributed by atoms with Crippen LogP contribution in [0.5, 0.6) is 0 Å². The Kier molecular flexibility index (Phi) is 4.46. The van der Waals surface area contributed by atoms with Crippen molar-refractivity contribution < 1.29 is 9.53 Å². The maximum atomic E-state index is 11.4. The molecule has 2 aromatic heterocycles. The summed E-state index contributed by atoms with van der Waals surface area (Å²) in [6.07, 6.45) is 3.36. The van der Waals surface area contributed by atoms with Crippen LogP contribution in [0.1, 0.15) is 27.2 Å². The van der Waals surface area contributed by atoms with Gasteiger partial charge >= 0.3 is 5.97 Å². The molecule has 19 heavy (non-hydrogen) atoms. The number of rotatable bonds is 5. The van der Waals surface area contributed by atoms with Crippen LogP contribution in [0.3, 0.4) is 0 Å². The van der Waals surface area contributed by atoms with E-state index in [0.29, 0.717) is 18.7 Å². The van der Waals surface area contributed by atoms with E-state index in [2.05, 4.69) is 15.3 Å². The fourth-order valence-electron chi connectivity index (χ4n) is 1.50. The molecule has 0 radical (unpaired) electrons. The van der Waals surface area contributed by atoms with Gasteiger partial charge in [-0.05, 0) is 26.0 Å². The number of aryl methyl sites for hydroxylation is 1. The summed E-state index contributed by atoms with van der Waals surface area (Å²) in [5.74, 6) is 0.374. The van der Waals surface area contributed by atoms with E-state index in [-0.39, 0.29) is 5.97 Å². The topological polar surface area (TPSA) is 64.1 Å². The second-order valence-corrected chi connectivity index (χ2v) is 5.17. The fourth-order valence-corrected chi connectivity index (χ4v) is 2.23. The molecule has 2 heterocycles. The largest absolute Gasteiger partial charge is 0.462 e. The molecular formula is C13H15N3O2S. The number of thiazole rings is 1. The van der Waals surface area contributed by atoms with Crippen LogP contribution in [0.25, 0.3) is 0 Å². The third kappa shape index (κ3) is 3.75. The quantitative estimate of drug-likeness (QED) is 0.851. The van der Waals surface area contributed by atoms with Gasteiger partial charge in [0.2, 0.25) is 0 Å². The molecule has 0 amide bonds. The van der Waals surface area contributed by atoms with Gasteiger partial charge in [0.15, 0.2) is 0 Å². The van der Waals surface area contributed by atoms with Crippen molar-refractivity contribution >= 4 is 23.1 Å². The molecule has 0 aliphatic rings. The second-order valence-electron chi connectivity index (χ2n) is 3.85. The van der Waals surface area contributed by atoms with Gasteiger partial charge in [-0.1, -0.05) is 0 Å². The number of carbonyl (C=O) groups excluding carboxylic acids is 1. The molecule has 0 fully saturated rings. The van der Waals surface area contributed by atoms with Crippen molar-refractivity contribution in [1.82, 2.24) is 9.97 Å². The first-order valence-corrected chi connectivity index (χ1v) is 6.79. The number of esters is 1. The van der Waals surface area contributed by atoms with Crippen molar-refractivity contribution in [1.29, 1.82) is 0 Å². The van der Waals surface area contributed by atoms with Gasteiger partial charge in [-0.25, -0.2) is 14.8 Å². The van der Waals surface area contributed by atoms with Crippen LogP contribution in [-0.2, 0) is 11.3 Å². The molecule has 1 N–H and O–H groups in total. The van der Waals surface area contributed by atoms with Crippen molar-refractivity contribution in [2.24, 2.45) is 0 Å². The predicted octanol–water partition coefficient (Wildman–Crippen LogP) is 2.64. The van der Waals surface area contributed by atoms with Crippen LogP contribution in [0.15, 0.2) is 24.5 Å². The van der Waals surface area contributed by atoms with Gasteiger partial charge in [0.25, 0.3) is 0 Å². The van der Waals surface area contributed by atoms with E-state index < -0.39 is 0 Å². The SMILES string of the molecule is CCOC(=O)c1ccc(NCc2cnc(C)s2)nc1. The van der Waals surface area contributed by atoms with Crippen molar-refractivity contribution in [2.45, 2.75) is 20.4 Å². The van der Waals surface area contributed by atoms with Crippen LogP contribution in [0.2, 0.25) is 0 Å². The summed E-state index contributed by atoms with van der Waals surface area (Å²) in [6.45, 7) is 4.79. The van der Waals surface area contributed by atoms with Crippen LogP contribution in [0.4, 0.5) is 5.82 Å². The van der Waals surface area contributed by atoms with Crippen molar-refractivity contribution in [2.75, 3.05) is 11.9 Å². The molecule has 0 bridgehead atoms. The van der Waals surface area contributed by atoms with Crippen LogP contribution in [-0.4, -0.2) is 22.5 Å². The number of ether oxygens (including phenoxy) is 1. The Morgan fingerprint density at radius 1 is 1.37 bits per heavy atom. The highest BCUT2D eigenvalue weighted by Gasteiger charge is 2.06. The Morgan fingerprint density at radius 3 is 2.79 bits per heavy atom. The lowest BCUT2D eigenvalue weighted by Gasteiger charge is -2.05. The van der Waals surface area contributed by atoms with Crippen LogP contribution >= 0.6 is 11.3 Å². The first-order valence-electron chi connectivity index (χ1n) is 5.97. The Balaban J connectivity index is 1.93. The van der Waals surface area contributed by atoms with Gasteiger partial charge in [0, 0.05) is 17.3 Å². The molecule has 0 unspecified atom stereocenters. The maximum Gasteiger partial charge on any atom is 0.339 e. The van der Waals surface area contributed by atoms with E-state index in [1.807, 2.05) is 13.1 Å². The molecule has 2 rings (SSSR count). The number of carbonyl (C=O) groups is 1. The Bertz CT molecular complexity index is 551. The number of pyridine rings is 1. The highest BCUT2D eigenvalue weighted by Crippen LogP contribution is 2.13. The van der Waals surface area contributed by atoms with Crippen molar-refractivity contribution in [3.05, 3.63) is 40.0 Å². The number of anilines is 1. The minimum atomic E-state index is -0.348. The lowest BCUT2D eigenvalue weighted by molar-refractivity contribution is 0.0526. The van der Waals surface area contributed by atoms with Crippen LogP contribution < -0.4 is 5.32 Å². The number of hydrogen-bond donors (Lipinski definition) is 1. The summed E-state index contributed by atoms with van der Waals surface area (Å²) in [5.41, 5.74) is 0.459. The first kappa shape index (κ1) is 13.5. The molecule has 0 atom stereocenters. The van der Waals surface area contributed by atoms with E-state index in [0.717, 1.165) is 15.7 Å². The summed E-state index contributed by atoms with van der Waals surface area (Å²) in [5, 5.41) is 4.22. The van der Waals surface area contributed by atoms with Crippen molar-refractivity contribution in [3.63, 3.8) is 0 Å². The molecule has 0 spiro atoms. The van der Waals surface area contributed by atoms with Gasteiger partial charge in [-0.2, -0.15) is 0 Å². The standard InChI is InChI=1S/C13H15N3O2S/c1-3-18-13(17)10-4-5-12(15-6-10)16-8-11-7-14-9(2)19-11/h4-7H,3,8H2,1-2H3,(H,15,16). The molecule has 0 aliphatic carbocycles. The maximum absolute atomic E-state index is 11.4. The lowest BCUT2D eigenvalue weighted by atomic mass is 10.3. The minimum absolute atomic E-state index is 0.348. The zero-order valence-corrected chi connectivity index (χ0v) is 11.7. The number of nitrogens with zero attached hydrogens (tertiary/aromatic N) is 2.